The molecule has 1 aromatic carbocycles. The number of para-hydroxylation sites is 1. The summed E-state index contributed by atoms with van der Waals surface area (Å²) in [5, 5.41) is 9.26. The highest BCUT2D eigenvalue weighted by Gasteiger charge is 2.34. The van der Waals surface area contributed by atoms with Crippen LogP contribution < -0.4 is 4.74 Å². The maximum Gasteiger partial charge on any atom is 0.323 e. The molecule has 1 atom stereocenters. The van der Waals surface area contributed by atoms with Crippen molar-refractivity contribution < 1.29 is 14.6 Å². The van der Waals surface area contributed by atoms with Gasteiger partial charge < -0.3 is 9.84 Å². The molecule has 0 aliphatic carbocycles. The van der Waals surface area contributed by atoms with Crippen LogP contribution in [0.4, 0.5) is 0 Å². The first-order valence-corrected chi connectivity index (χ1v) is 6.39. The number of benzene rings is 1. The van der Waals surface area contributed by atoms with Crippen molar-refractivity contribution in [2.45, 2.75) is 38.8 Å². The maximum absolute atomic E-state index is 11.3. The Labute approximate surface area is 115 Å². The molecule has 4 nitrogen and oxygen atoms in total. The number of carboxylic acids is 1. The Hall–Kier alpha value is -1.55. The van der Waals surface area contributed by atoms with E-state index in [4.69, 9.17) is 4.74 Å². The van der Waals surface area contributed by atoms with Crippen molar-refractivity contribution in [2.24, 2.45) is 0 Å². The molecule has 0 fully saturated rings. The molecule has 1 rings (SSSR count). The smallest absolute Gasteiger partial charge is 0.323 e. The van der Waals surface area contributed by atoms with E-state index in [9.17, 15) is 9.90 Å². The zero-order valence-electron chi connectivity index (χ0n) is 12.3. The molecule has 0 spiro atoms. The van der Waals surface area contributed by atoms with E-state index in [2.05, 4.69) is 0 Å². The second kappa shape index (κ2) is 6.06. The van der Waals surface area contributed by atoms with Crippen LogP contribution in [0.15, 0.2) is 24.3 Å². The number of ether oxygens (including phenoxy) is 1. The van der Waals surface area contributed by atoms with Crippen LogP contribution in [-0.4, -0.2) is 41.7 Å². The van der Waals surface area contributed by atoms with Gasteiger partial charge in [-0.15, -0.1) is 0 Å². The van der Waals surface area contributed by atoms with E-state index in [0.29, 0.717) is 0 Å². The van der Waals surface area contributed by atoms with Crippen molar-refractivity contribution >= 4 is 5.97 Å². The van der Waals surface area contributed by atoms with Gasteiger partial charge >= 0.3 is 5.97 Å². The molecule has 106 valence electrons. The molecule has 4 heteroatoms. The highest BCUT2D eigenvalue weighted by atomic mass is 16.5. The van der Waals surface area contributed by atoms with E-state index >= 15 is 0 Å². The molecule has 0 bridgehead atoms. The van der Waals surface area contributed by atoms with Gasteiger partial charge in [0.15, 0.2) is 0 Å². The van der Waals surface area contributed by atoms with Gasteiger partial charge in [0.05, 0.1) is 7.11 Å². The Morgan fingerprint density at radius 2 is 2.00 bits per heavy atom. The normalized spacial score (nSPS) is 13.4. The number of carboxylic acid groups (broad SMARTS) is 1. The van der Waals surface area contributed by atoms with Gasteiger partial charge in [0, 0.05) is 6.04 Å². The lowest BCUT2D eigenvalue weighted by atomic mass is 9.98. The van der Waals surface area contributed by atoms with Gasteiger partial charge in [-0.1, -0.05) is 18.2 Å². The first kappa shape index (κ1) is 15.5. The predicted molar refractivity (Wildman–Crippen MR) is 75.6 cm³/mol. The maximum atomic E-state index is 11.3. The topological polar surface area (TPSA) is 49.8 Å². The van der Waals surface area contributed by atoms with Gasteiger partial charge in [-0.05, 0) is 45.9 Å². The van der Waals surface area contributed by atoms with Gasteiger partial charge in [-0.3, -0.25) is 9.69 Å². The van der Waals surface area contributed by atoms with Gasteiger partial charge in [0.2, 0.25) is 0 Å². The minimum absolute atomic E-state index is 0.0994. The first-order valence-electron chi connectivity index (χ1n) is 6.39. The third-order valence-corrected chi connectivity index (χ3v) is 3.77. The predicted octanol–water partition coefficient (Wildman–Crippen LogP) is 2.42. The molecule has 1 N–H and O–H groups in total. The van der Waals surface area contributed by atoms with Crippen LogP contribution in [-0.2, 0) is 11.2 Å². The van der Waals surface area contributed by atoms with Gasteiger partial charge in [0.25, 0.3) is 0 Å². The number of carbonyl (C=O) groups is 1. The number of methoxy groups -OCH3 is 1. The minimum atomic E-state index is -0.887. The van der Waals surface area contributed by atoms with Crippen LogP contribution in [0.5, 0.6) is 5.75 Å². The van der Waals surface area contributed by atoms with E-state index in [1.54, 1.807) is 21.0 Å². The number of likely N-dealkylation sites (N-methyl/N-ethyl adjacent to an activating group) is 1. The molecule has 0 saturated heterocycles. The highest BCUT2D eigenvalue weighted by Crippen LogP contribution is 2.23. The number of aliphatic carboxylic acids is 1. The van der Waals surface area contributed by atoms with Gasteiger partial charge in [-0.2, -0.15) is 0 Å². The fourth-order valence-electron chi connectivity index (χ4n) is 2.03. The summed E-state index contributed by atoms with van der Waals surface area (Å²) in [4.78, 5) is 13.2. The van der Waals surface area contributed by atoms with Crippen molar-refractivity contribution in [1.29, 1.82) is 0 Å². The summed E-state index contributed by atoms with van der Waals surface area (Å²) in [5.41, 5.74) is 0.201. The standard InChI is InChI=1S/C15H23NO3/c1-11(16(4)15(2,3)14(17)18)10-12-8-6-7-9-13(12)19-5/h6-9,11H,10H2,1-5H3,(H,17,18). The van der Waals surface area contributed by atoms with Crippen molar-refractivity contribution in [3.8, 4) is 5.75 Å². The van der Waals surface area contributed by atoms with E-state index in [-0.39, 0.29) is 6.04 Å². The molecule has 0 aromatic heterocycles. The van der Waals surface area contributed by atoms with Crippen molar-refractivity contribution in [2.75, 3.05) is 14.2 Å². The van der Waals surface area contributed by atoms with Crippen molar-refractivity contribution in [3.05, 3.63) is 29.8 Å². The molecular formula is C15H23NO3. The summed E-state index contributed by atoms with van der Waals surface area (Å²) in [6.07, 6.45) is 0.747. The quantitative estimate of drug-likeness (QED) is 0.858. The van der Waals surface area contributed by atoms with Crippen LogP contribution in [0.25, 0.3) is 0 Å². The summed E-state index contributed by atoms with van der Waals surface area (Å²) < 4.78 is 5.32. The molecule has 0 aliphatic rings. The monoisotopic (exact) mass is 265 g/mol. The van der Waals surface area contributed by atoms with Crippen LogP contribution >= 0.6 is 0 Å². The zero-order chi connectivity index (χ0) is 14.6. The SMILES string of the molecule is COc1ccccc1CC(C)N(C)C(C)(C)C(=O)O. The van der Waals surface area contributed by atoms with E-state index < -0.39 is 11.5 Å². The summed E-state index contributed by atoms with van der Waals surface area (Å²) in [5.74, 6) is 0.0257. The average Bonchev–Trinajstić information content (AvgIpc) is 2.38. The van der Waals surface area contributed by atoms with E-state index in [1.165, 1.54) is 0 Å². The largest absolute Gasteiger partial charge is 0.496 e. The number of rotatable bonds is 6. The molecule has 0 amide bonds. The third kappa shape index (κ3) is 3.47. The Morgan fingerprint density at radius 3 is 2.53 bits per heavy atom. The molecule has 0 saturated carbocycles. The van der Waals surface area contributed by atoms with E-state index in [1.807, 2.05) is 43.1 Å². The van der Waals surface area contributed by atoms with Crippen molar-refractivity contribution in [3.63, 3.8) is 0 Å². The Morgan fingerprint density at radius 1 is 1.42 bits per heavy atom. The van der Waals surface area contributed by atoms with Gasteiger partial charge in [-0.25, -0.2) is 0 Å². The molecule has 0 aliphatic heterocycles. The number of nitrogens with zero attached hydrogens (tertiary/aromatic N) is 1. The van der Waals surface area contributed by atoms with Crippen LogP contribution in [0.3, 0.4) is 0 Å². The summed E-state index contributed by atoms with van der Waals surface area (Å²) in [6.45, 7) is 5.46. The Balaban J connectivity index is 2.85. The zero-order valence-corrected chi connectivity index (χ0v) is 12.3. The molecule has 19 heavy (non-hydrogen) atoms. The summed E-state index contributed by atoms with van der Waals surface area (Å²) in [6, 6.07) is 7.92. The average molecular weight is 265 g/mol. The first-order chi connectivity index (χ1) is 8.80. The lowest BCUT2D eigenvalue weighted by molar-refractivity contribution is -0.149. The minimum Gasteiger partial charge on any atom is -0.496 e. The Kier molecular flexibility index (Phi) is 4.95. The number of hydrogen-bond donors (Lipinski definition) is 1. The molecular weight excluding hydrogens is 242 g/mol. The van der Waals surface area contributed by atoms with Crippen molar-refractivity contribution in [1.82, 2.24) is 4.90 Å². The summed E-state index contributed by atoms with van der Waals surface area (Å²) >= 11 is 0. The molecule has 1 aromatic rings. The second-order valence-corrected chi connectivity index (χ2v) is 5.34. The van der Waals surface area contributed by atoms with Gasteiger partial charge in [0.1, 0.15) is 11.3 Å². The Bertz CT molecular complexity index is 443. The molecule has 0 radical (unpaired) electrons. The van der Waals surface area contributed by atoms with E-state index in [0.717, 1.165) is 17.7 Å². The summed E-state index contributed by atoms with van der Waals surface area (Å²) in [7, 11) is 3.49. The highest BCUT2D eigenvalue weighted by molar-refractivity contribution is 5.77. The fourth-order valence-corrected chi connectivity index (χ4v) is 2.03. The molecule has 0 heterocycles. The van der Waals surface area contributed by atoms with Crippen LogP contribution in [0, 0.1) is 0 Å². The van der Waals surface area contributed by atoms with Crippen LogP contribution in [0.1, 0.15) is 26.3 Å². The lowest BCUT2D eigenvalue weighted by Gasteiger charge is -2.36. The second-order valence-electron chi connectivity index (χ2n) is 5.34. The molecule has 1 unspecified atom stereocenters. The number of hydrogen-bond acceptors (Lipinski definition) is 3. The fraction of sp³-hybridized carbons (Fsp3) is 0.533. The van der Waals surface area contributed by atoms with Crippen LogP contribution in [0.2, 0.25) is 0 Å². The third-order valence-electron chi connectivity index (χ3n) is 3.77. The lowest BCUT2D eigenvalue weighted by Crippen LogP contribution is -2.52.